The molecule has 0 fully saturated rings. The maximum Gasteiger partial charge on any atom is 0.488 e. The van der Waals surface area contributed by atoms with Crippen molar-refractivity contribution in [1.82, 2.24) is 15.0 Å². The minimum atomic E-state index is -1.55. The molecule has 1 heterocycles. The summed E-state index contributed by atoms with van der Waals surface area (Å²) in [5.74, 6) is 1.61. The number of aromatic nitrogens is 3. The SMILES string of the molecule is CC.OB(O)c1cccc(-c2nc(-c3ccccc3)nc(-c3ccccc3)n2)c1. The molecular weight excluding hydrogens is 361 g/mol. The second-order valence-electron chi connectivity index (χ2n) is 6.04. The Hall–Kier alpha value is -3.35. The van der Waals surface area contributed by atoms with E-state index in [4.69, 9.17) is 0 Å². The maximum atomic E-state index is 9.46. The van der Waals surface area contributed by atoms with Gasteiger partial charge in [0.05, 0.1) is 0 Å². The molecule has 2 N–H and O–H groups in total. The Morgan fingerprint density at radius 2 is 0.966 bits per heavy atom. The van der Waals surface area contributed by atoms with E-state index in [-0.39, 0.29) is 0 Å². The van der Waals surface area contributed by atoms with Crippen LogP contribution in [0.15, 0.2) is 84.9 Å². The smallest absolute Gasteiger partial charge is 0.423 e. The fraction of sp³-hybridized carbons (Fsp3) is 0.0870. The van der Waals surface area contributed by atoms with E-state index in [0.717, 1.165) is 11.1 Å². The normalized spacial score (nSPS) is 10.1. The van der Waals surface area contributed by atoms with Crippen LogP contribution >= 0.6 is 0 Å². The highest BCUT2D eigenvalue weighted by atomic mass is 16.4. The van der Waals surface area contributed by atoms with Crippen LogP contribution in [0.3, 0.4) is 0 Å². The van der Waals surface area contributed by atoms with E-state index >= 15 is 0 Å². The highest BCUT2D eigenvalue weighted by Crippen LogP contribution is 2.24. The van der Waals surface area contributed by atoms with E-state index in [1.54, 1.807) is 18.2 Å². The van der Waals surface area contributed by atoms with Crippen molar-refractivity contribution in [2.24, 2.45) is 0 Å². The minimum absolute atomic E-state index is 0.385. The molecule has 0 aliphatic rings. The summed E-state index contributed by atoms with van der Waals surface area (Å²) in [6, 6.07) is 26.3. The summed E-state index contributed by atoms with van der Waals surface area (Å²) in [5.41, 5.74) is 2.85. The first-order valence-corrected chi connectivity index (χ1v) is 9.54. The highest BCUT2D eigenvalue weighted by Gasteiger charge is 2.15. The van der Waals surface area contributed by atoms with Crippen molar-refractivity contribution in [3.63, 3.8) is 0 Å². The van der Waals surface area contributed by atoms with Gasteiger partial charge in [-0.2, -0.15) is 0 Å². The molecule has 0 atom stereocenters. The molecule has 0 saturated carbocycles. The van der Waals surface area contributed by atoms with Gasteiger partial charge in [-0.15, -0.1) is 0 Å². The number of nitrogens with zero attached hydrogens (tertiary/aromatic N) is 3. The van der Waals surface area contributed by atoms with E-state index in [1.165, 1.54) is 0 Å². The van der Waals surface area contributed by atoms with Crippen LogP contribution in [-0.4, -0.2) is 32.1 Å². The van der Waals surface area contributed by atoms with E-state index < -0.39 is 7.12 Å². The van der Waals surface area contributed by atoms with Crippen molar-refractivity contribution in [1.29, 1.82) is 0 Å². The summed E-state index contributed by atoms with van der Waals surface area (Å²) in [6.45, 7) is 4.00. The second kappa shape index (κ2) is 9.73. The number of benzene rings is 3. The lowest BCUT2D eigenvalue weighted by Crippen LogP contribution is -2.29. The van der Waals surface area contributed by atoms with Gasteiger partial charge in [-0.25, -0.2) is 15.0 Å². The van der Waals surface area contributed by atoms with Crippen LogP contribution in [0.1, 0.15) is 13.8 Å². The third kappa shape index (κ3) is 4.93. The van der Waals surface area contributed by atoms with Crippen LogP contribution in [0.4, 0.5) is 0 Å². The first-order chi connectivity index (χ1) is 14.2. The Kier molecular flexibility index (Phi) is 6.84. The zero-order valence-electron chi connectivity index (χ0n) is 16.4. The van der Waals surface area contributed by atoms with Crippen molar-refractivity contribution in [2.45, 2.75) is 13.8 Å². The Balaban J connectivity index is 0.00000117. The van der Waals surface area contributed by atoms with Crippen molar-refractivity contribution in [3.8, 4) is 34.2 Å². The molecule has 1 aromatic heterocycles. The average molecular weight is 383 g/mol. The Bertz CT molecular complexity index is 1000. The van der Waals surface area contributed by atoms with E-state index in [0.29, 0.717) is 28.5 Å². The lowest BCUT2D eigenvalue weighted by Gasteiger charge is -2.09. The van der Waals surface area contributed by atoms with Crippen LogP contribution in [0.2, 0.25) is 0 Å². The zero-order valence-corrected chi connectivity index (χ0v) is 16.4. The van der Waals surface area contributed by atoms with Gasteiger partial charge in [0.25, 0.3) is 0 Å². The minimum Gasteiger partial charge on any atom is -0.423 e. The highest BCUT2D eigenvalue weighted by molar-refractivity contribution is 6.58. The van der Waals surface area contributed by atoms with E-state index in [9.17, 15) is 10.0 Å². The Morgan fingerprint density at radius 3 is 1.41 bits per heavy atom. The molecule has 0 aliphatic heterocycles. The first-order valence-electron chi connectivity index (χ1n) is 9.54. The lowest BCUT2D eigenvalue weighted by atomic mass is 9.79. The van der Waals surface area contributed by atoms with Crippen LogP contribution in [0.25, 0.3) is 34.2 Å². The fourth-order valence-corrected chi connectivity index (χ4v) is 2.78. The van der Waals surface area contributed by atoms with E-state index in [2.05, 4.69) is 15.0 Å². The molecule has 5 nitrogen and oxygen atoms in total. The molecule has 0 aliphatic carbocycles. The molecule has 0 unspecified atom stereocenters. The third-order valence-electron chi connectivity index (χ3n) is 4.14. The first kappa shape index (κ1) is 20.4. The molecule has 29 heavy (non-hydrogen) atoms. The average Bonchev–Trinajstić information content (AvgIpc) is 2.81. The van der Waals surface area contributed by atoms with Gasteiger partial charge in [-0.05, 0) is 5.46 Å². The van der Waals surface area contributed by atoms with Crippen LogP contribution in [0, 0.1) is 0 Å². The molecule has 144 valence electrons. The molecule has 4 rings (SSSR count). The predicted octanol–water partition coefficient (Wildman–Crippen LogP) is 3.58. The largest absolute Gasteiger partial charge is 0.488 e. The van der Waals surface area contributed by atoms with Gasteiger partial charge in [0.1, 0.15) is 0 Å². The van der Waals surface area contributed by atoms with Crippen molar-refractivity contribution in [2.75, 3.05) is 0 Å². The van der Waals surface area contributed by atoms with Crippen LogP contribution in [-0.2, 0) is 0 Å². The van der Waals surface area contributed by atoms with Crippen molar-refractivity contribution < 1.29 is 10.0 Å². The van der Waals surface area contributed by atoms with Gasteiger partial charge in [-0.1, -0.05) is 98.8 Å². The summed E-state index contributed by atoms with van der Waals surface area (Å²) < 4.78 is 0. The van der Waals surface area contributed by atoms with Gasteiger partial charge < -0.3 is 10.0 Å². The molecule has 4 aromatic rings. The van der Waals surface area contributed by atoms with E-state index in [1.807, 2.05) is 80.6 Å². The van der Waals surface area contributed by atoms with Gasteiger partial charge >= 0.3 is 7.12 Å². The molecular formula is C23H22BN3O2. The Morgan fingerprint density at radius 1 is 0.552 bits per heavy atom. The van der Waals surface area contributed by atoms with Gasteiger partial charge in [0.15, 0.2) is 17.5 Å². The summed E-state index contributed by atoms with van der Waals surface area (Å²) in [7, 11) is -1.55. The van der Waals surface area contributed by atoms with Gasteiger partial charge in [0.2, 0.25) is 0 Å². The summed E-state index contributed by atoms with van der Waals surface area (Å²) >= 11 is 0. The summed E-state index contributed by atoms with van der Waals surface area (Å²) in [6.07, 6.45) is 0. The van der Waals surface area contributed by atoms with Gasteiger partial charge in [0, 0.05) is 16.7 Å². The number of hydrogen-bond donors (Lipinski definition) is 2. The monoisotopic (exact) mass is 383 g/mol. The van der Waals surface area contributed by atoms with Crippen LogP contribution < -0.4 is 5.46 Å². The van der Waals surface area contributed by atoms with Crippen molar-refractivity contribution >= 4 is 12.6 Å². The van der Waals surface area contributed by atoms with Crippen LogP contribution in [0.5, 0.6) is 0 Å². The van der Waals surface area contributed by atoms with Crippen molar-refractivity contribution in [3.05, 3.63) is 84.9 Å². The predicted molar refractivity (Wildman–Crippen MR) is 117 cm³/mol. The van der Waals surface area contributed by atoms with Gasteiger partial charge in [-0.3, -0.25) is 0 Å². The molecule has 0 bridgehead atoms. The Labute approximate surface area is 170 Å². The summed E-state index contributed by atoms with van der Waals surface area (Å²) in [5, 5.41) is 18.9. The standard InChI is InChI=1S/C21H16BN3O2.C2H6/c26-22(27)18-13-7-12-17(14-18)21-24-19(15-8-3-1-4-9-15)23-20(25-21)16-10-5-2-6-11-16;1-2/h1-14,26-27H;1-2H3. The second-order valence-corrected chi connectivity index (χ2v) is 6.04. The number of hydrogen-bond acceptors (Lipinski definition) is 5. The summed E-state index contributed by atoms with van der Waals surface area (Å²) in [4.78, 5) is 13.9. The zero-order chi connectivity index (χ0) is 20.6. The maximum absolute atomic E-state index is 9.46. The molecule has 0 saturated heterocycles. The molecule has 0 radical (unpaired) electrons. The molecule has 0 amide bonds. The molecule has 3 aromatic carbocycles. The lowest BCUT2D eigenvalue weighted by molar-refractivity contribution is 0.426. The fourth-order valence-electron chi connectivity index (χ4n) is 2.78. The quantitative estimate of drug-likeness (QED) is 0.527. The third-order valence-corrected chi connectivity index (χ3v) is 4.14. The molecule has 6 heteroatoms. The topological polar surface area (TPSA) is 79.1 Å². The molecule has 0 spiro atoms. The number of rotatable bonds is 4.